The van der Waals surface area contributed by atoms with Gasteiger partial charge in [0.1, 0.15) is 5.75 Å². The molecule has 2 aromatic heterocycles. The lowest BCUT2D eigenvalue weighted by molar-refractivity contribution is 0.262. The first-order valence-corrected chi connectivity index (χ1v) is 10.5. The van der Waals surface area contributed by atoms with Crippen LogP contribution >= 0.6 is 15.9 Å². The Balaban J connectivity index is 1.44. The van der Waals surface area contributed by atoms with E-state index in [2.05, 4.69) is 46.8 Å². The molecule has 8 nitrogen and oxygen atoms in total. The maximum atomic E-state index is 12.2. The number of anilines is 3. The maximum Gasteiger partial charge on any atom is 0.323 e. The van der Waals surface area contributed by atoms with Crippen LogP contribution in [0.4, 0.5) is 22.1 Å². The fourth-order valence-electron chi connectivity index (χ4n) is 2.84. The van der Waals surface area contributed by atoms with Crippen molar-refractivity contribution in [3.8, 4) is 22.9 Å². The molecular formula is C23H19BrN6O2. The molecule has 0 spiro atoms. The molecule has 0 atom stereocenters. The highest BCUT2D eigenvalue weighted by Crippen LogP contribution is 2.31. The van der Waals surface area contributed by atoms with Gasteiger partial charge in [0.05, 0.1) is 11.3 Å². The minimum atomic E-state index is -0.336. The summed E-state index contributed by atoms with van der Waals surface area (Å²) in [6.07, 6.45) is 3.33. The van der Waals surface area contributed by atoms with Gasteiger partial charge in [-0.2, -0.15) is 0 Å². The van der Waals surface area contributed by atoms with Crippen LogP contribution in [0.1, 0.15) is 0 Å². The average Bonchev–Trinajstić information content (AvgIpc) is 2.82. The van der Waals surface area contributed by atoms with Crippen molar-refractivity contribution in [3.05, 3.63) is 83.6 Å². The van der Waals surface area contributed by atoms with E-state index in [0.29, 0.717) is 34.6 Å². The first-order valence-electron chi connectivity index (χ1n) is 9.68. The van der Waals surface area contributed by atoms with Crippen LogP contribution in [0.25, 0.3) is 11.3 Å². The molecule has 0 aliphatic rings. The van der Waals surface area contributed by atoms with Gasteiger partial charge in [-0.25, -0.2) is 19.7 Å². The number of rotatable bonds is 6. The van der Waals surface area contributed by atoms with E-state index in [1.54, 1.807) is 49.8 Å². The summed E-state index contributed by atoms with van der Waals surface area (Å²) >= 11 is 3.37. The largest absolute Gasteiger partial charge is 0.438 e. The Kier molecular flexibility index (Phi) is 6.57. The lowest BCUT2D eigenvalue weighted by Gasteiger charge is -2.11. The monoisotopic (exact) mass is 490 g/mol. The highest BCUT2D eigenvalue weighted by molar-refractivity contribution is 9.10. The van der Waals surface area contributed by atoms with Crippen LogP contribution in [-0.4, -0.2) is 28.0 Å². The van der Waals surface area contributed by atoms with Crippen molar-refractivity contribution in [2.75, 3.05) is 23.0 Å². The number of carbonyl (C=O) groups excluding carboxylic acids is 1. The number of hydrogen-bond acceptors (Lipinski definition) is 6. The number of ether oxygens (including phenoxy) is 1. The minimum Gasteiger partial charge on any atom is -0.438 e. The third-order valence-electron chi connectivity index (χ3n) is 4.36. The van der Waals surface area contributed by atoms with Crippen molar-refractivity contribution in [2.24, 2.45) is 0 Å². The van der Waals surface area contributed by atoms with Gasteiger partial charge >= 0.3 is 6.03 Å². The standard InChI is InChI=1S/C23H19BrN6O2/c1-25-22-27-14-12-20(30-22)19-3-2-13-26-21(19)32-18-10-8-17(9-11-18)29-23(31)28-16-6-4-15(24)5-7-16/h2-14H,1H3,(H,25,27,30)(H2,28,29,31). The summed E-state index contributed by atoms with van der Waals surface area (Å²) in [7, 11) is 1.76. The molecule has 0 saturated carbocycles. The van der Waals surface area contributed by atoms with Crippen LogP contribution in [0.3, 0.4) is 0 Å². The van der Waals surface area contributed by atoms with E-state index < -0.39 is 0 Å². The van der Waals surface area contributed by atoms with E-state index >= 15 is 0 Å². The maximum absolute atomic E-state index is 12.2. The van der Waals surface area contributed by atoms with E-state index in [4.69, 9.17) is 4.74 Å². The van der Waals surface area contributed by atoms with E-state index in [1.807, 2.05) is 36.4 Å². The molecule has 4 rings (SSSR count). The van der Waals surface area contributed by atoms with Gasteiger partial charge in [0.25, 0.3) is 0 Å². The Morgan fingerprint density at radius 1 is 0.875 bits per heavy atom. The van der Waals surface area contributed by atoms with Crippen LogP contribution in [0.2, 0.25) is 0 Å². The van der Waals surface area contributed by atoms with Crippen LogP contribution in [0, 0.1) is 0 Å². The van der Waals surface area contributed by atoms with Crippen LogP contribution < -0.4 is 20.7 Å². The number of urea groups is 1. The van der Waals surface area contributed by atoms with Gasteiger partial charge in [0, 0.05) is 35.3 Å². The molecular weight excluding hydrogens is 472 g/mol. The number of pyridine rings is 1. The van der Waals surface area contributed by atoms with Gasteiger partial charge in [-0.1, -0.05) is 15.9 Å². The topological polar surface area (TPSA) is 101 Å². The molecule has 0 unspecified atom stereocenters. The number of aromatic nitrogens is 3. The number of carbonyl (C=O) groups is 1. The van der Waals surface area contributed by atoms with Gasteiger partial charge in [0.15, 0.2) is 0 Å². The molecule has 32 heavy (non-hydrogen) atoms. The van der Waals surface area contributed by atoms with Gasteiger partial charge in [-0.15, -0.1) is 0 Å². The average molecular weight is 491 g/mol. The summed E-state index contributed by atoms with van der Waals surface area (Å²) in [5.41, 5.74) is 2.75. The molecule has 0 saturated heterocycles. The lowest BCUT2D eigenvalue weighted by Crippen LogP contribution is -2.19. The molecule has 160 valence electrons. The second-order valence-corrected chi connectivity index (χ2v) is 7.50. The molecule has 2 amide bonds. The van der Waals surface area contributed by atoms with Crippen molar-refractivity contribution < 1.29 is 9.53 Å². The third-order valence-corrected chi connectivity index (χ3v) is 4.88. The highest BCUT2D eigenvalue weighted by atomic mass is 79.9. The molecule has 0 fully saturated rings. The van der Waals surface area contributed by atoms with Gasteiger partial charge in [0.2, 0.25) is 11.8 Å². The fraction of sp³-hybridized carbons (Fsp3) is 0.0435. The normalized spacial score (nSPS) is 10.3. The first kappa shape index (κ1) is 21.3. The predicted molar refractivity (Wildman–Crippen MR) is 128 cm³/mol. The molecule has 0 radical (unpaired) electrons. The summed E-state index contributed by atoms with van der Waals surface area (Å²) < 4.78 is 6.92. The second-order valence-electron chi connectivity index (χ2n) is 6.58. The zero-order valence-corrected chi connectivity index (χ0v) is 18.6. The number of nitrogens with zero attached hydrogens (tertiary/aromatic N) is 3. The van der Waals surface area contributed by atoms with Crippen molar-refractivity contribution >= 4 is 39.3 Å². The third kappa shape index (κ3) is 5.38. The van der Waals surface area contributed by atoms with E-state index in [-0.39, 0.29) is 6.03 Å². The molecule has 4 aromatic rings. The number of amides is 2. The van der Waals surface area contributed by atoms with Crippen LogP contribution in [0.15, 0.2) is 83.6 Å². The summed E-state index contributed by atoms with van der Waals surface area (Å²) in [5, 5.41) is 8.49. The van der Waals surface area contributed by atoms with Crippen LogP contribution in [-0.2, 0) is 0 Å². The Morgan fingerprint density at radius 2 is 1.56 bits per heavy atom. The Labute approximate surface area is 193 Å². The lowest BCUT2D eigenvalue weighted by atomic mass is 10.2. The van der Waals surface area contributed by atoms with Crippen molar-refractivity contribution in [1.29, 1.82) is 0 Å². The van der Waals surface area contributed by atoms with E-state index in [1.165, 1.54) is 0 Å². The second kappa shape index (κ2) is 9.88. The molecule has 0 aliphatic carbocycles. The Hall–Kier alpha value is -3.98. The van der Waals surface area contributed by atoms with Gasteiger partial charge < -0.3 is 20.7 Å². The molecule has 9 heteroatoms. The molecule has 3 N–H and O–H groups in total. The first-order chi connectivity index (χ1) is 15.6. The SMILES string of the molecule is CNc1nccc(-c2cccnc2Oc2ccc(NC(=O)Nc3ccc(Br)cc3)cc2)n1. The Morgan fingerprint density at radius 3 is 2.25 bits per heavy atom. The van der Waals surface area contributed by atoms with Gasteiger partial charge in [-0.05, 0) is 66.7 Å². The summed E-state index contributed by atoms with van der Waals surface area (Å²) in [6, 6.07) is 19.5. The van der Waals surface area contributed by atoms with E-state index in [0.717, 1.165) is 10.0 Å². The molecule has 2 heterocycles. The highest BCUT2D eigenvalue weighted by Gasteiger charge is 2.11. The number of nitrogens with one attached hydrogen (secondary N) is 3. The number of hydrogen-bond donors (Lipinski definition) is 3. The van der Waals surface area contributed by atoms with E-state index in [9.17, 15) is 4.79 Å². The summed E-state index contributed by atoms with van der Waals surface area (Å²) in [6.45, 7) is 0. The van der Waals surface area contributed by atoms with Crippen molar-refractivity contribution in [1.82, 2.24) is 15.0 Å². The predicted octanol–water partition coefficient (Wildman–Crippen LogP) is 5.78. The number of benzene rings is 2. The fourth-order valence-corrected chi connectivity index (χ4v) is 3.11. The minimum absolute atomic E-state index is 0.336. The molecule has 0 aliphatic heterocycles. The van der Waals surface area contributed by atoms with Crippen LogP contribution in [0.5, 0.6) is 11.6 Å². The zero-order valence-electron chi connectivity index (χ0n) is 17.0. The van der Waals surface area contributed by atoms with Gasteiger partial charge in [-0.3, -0.25) is 0 Å². The quantitative estimate of drug-likeness (QED) is 0.316. The Bertz CT molecular complexity index is 1220. The molecule has 0 bridgehead atoms. The smallest absolute Gasteiger partial charge is 0.323 e. The number of halogens is 1. The van der Waals surface area contributed by atoms with Crippen molar-refractivity contribution in [3.63, 3.8) is 0 Å². The molecule has 2 aromatic carbocycles. The summed E-state index contributed by atoms with van der Waals surface area (Å²) in [5.74, 6) is 1.50. The zero-order chi connectivity index (χ0) is 22.3. The van der Waals surface area contributed by atoms with Crippen molar-refractivity contribution in [2.45, 2.75) is 0 Å². The summed E-state index contributed by atoms with van der Waals surface area (Å²) in [4.78, 5) is 25.1.